The van der Waals surface area contributed by atoms with Crippen molar-refractivity contribution in [2.75, 3.05) is 41.4 Å². The quantitative estimate of drug-likeness (QED) is 0.507. The Hall–Kier alpha value is -2.05. The molecule has 102 valence electrons. The van der Waals surface area contributed by atoms with E-state index < -0.39 is 11.9 Å². The van der Waals surface area contributed by atoms with E-state index in [0.29, 0.717) is 0 Å². The number of carbonyl (C=O) groups is 3. The van der Waals surface area contributed by atoms with Crippen molar-refractivity contribution in [1.29, 1.82) is 0 Å². The van der Waals surface area contributed by atoms with E-state index in [1.165, 1.54) is 16.9 Å². The zero-order valence-corrected chi connectivity index (χ0v) is 11.0. The molecule has 7 nitrogen and oxygen atoms in total. The maximum atomic E-state index is 11.4. The summed E-state index contributed by atoms with van der Waals surface area (Å²) >= 11 is 0. The Balaban J connectivity index is 3.91. The van der Waals surface area contributed by atoms with Crippen LogP contribution in [0.1, 0.15) is 0 Å². The SMILES string of the molecule is COC(=O)/C=C/C(=O)OCCN(C)C(=O)N(C)C. The van der Waals surface area contributed by atoms with Crippen molar-refractivity contribution < 1.29 is 23.9 Å². The largest absolute Gasteiger partial charge is 0.466 e. The van der Waals surface area contributed by atoms with Gasteiger partial charge in [-0.25, -0.2) is 14.4 Å². The molecule has 0 aromatic rings. The van der Waals surface area contributed by atoms with E-state index in [-0.39, 0.29) is 19.2 Å². The molecule has 0 spiro atoms. The molecule has 0 rings (SSSR count). The van der Waals surface area contributed by atoms with E-state index in [1.54, 1.807) is 21.1 Å². The van der Waals surface area contributed by atoms with Gasteiger partial charge in [0.25, 0.3) is 0 Å². The molecule has 0 aromatic heterocycles. The van der Waals surface area contributed by atoms with Gasteiger partial charge in [0.1, 0.15) is 6.61 Å². The maximum Gasteiger partial charge on any atom is 0.331 e. The van der Waals surface area contributed by atoms with Gasteiger partial charge in [-0.3, -0.25) is 0 Å². The number of urea groups is 1. The molecule has 0 aliphatic rings. The predicted octanol–water partition coefficient (Wildman–Crippen LogP) is -0.128. The van der Waals surface area contributed by atoms with Gasteiger partial charge < -0.3 is 19.3 Å². The molecule has 0 atom stereocenters. The highest BCUT2D eigenvalue weighted by molar-refractivity contribution is 5.91. The van der Waals surface area contributed by atoms with Crippen LogP contribution in [-0.4, -0.2) is 69.2 Å². The third kappa shape index (κ3) is 6.51. The lowest BCUT2D eigenvalue weighted by molar-refractivity contribution is -0.139. The summed E-state index contributed by atoms with van der Waals surface area (Å²) < 4.78 is 9.10. The first-order valence-electron chi connectivity index (χ1n) is 5.23. The molecular weight excluding hydrogens is 240 g/mol. The molecule has 7 heteroatoms. The van der Waals surface area contributed by atoms with Crippen LogP contribution in [0.15, 0.2) is 12.2 Å². The Morgan fingerprint density at radius 3 is 2.11 bits per heavy atom. The van der Waals surface area contributed by atoms with Gasteiger partial charge in [0.15, 0.2) is 0 Å². The van der Waals surface area contributed by atoms with Crippen LogP contribution in [0.4, 0.5) is 4.79 Å². The van der Waals surface area contributed by atoms with Crippen LogP contribution in [0.25, 0.3) is 0 Å². The second-order valence-electron chi connectivity index (χ2n) is 3.62. The van der Waals surface area contributed by atoms with Crippen molar-refractivity contribution >= 4 is 18.0 Å². The van der Waals surface area contributed by atoms with Gasteiger partial charge >= 0.3 is 18.0 Å². The summed E-state index contributed by atoms with van der Waals surface area (Å²) in [4.78, 5) is 36.0. The van der Waals surface area contributed by atoms with E-state index in [0.717, 1.165) is 12.2 Å². The second kappa shape index (κ2) is 8.10. The minimum atomic E-state index is -0.661. The molecule has 0 heterocycles. The molecule has 0 saturated heterocycles. The average molecular weight is 258 g/mol. The predicted molar refractivity (Wildman–Crippen MR) is 63.8 cm³/mol. The van der Waals surface area contributed by atoms with Gasteiger partial charge in [-0.15, -0.1) is 0 Å². The number of ether oxygens (including phenoxy) is 2. The number of hydrogen-bond acceptors (Lipinski definition) is 5. The molecule has 0 unspecified atom stereocenters. The fraction of sp³-hybridized carbons (Fsp3) is 0.545. The Morgan fingerprint density at radius 1 is 1.06 bits per heavy atom. The number of rotatable bonds is 5. The monoisotopic (exact) mass is 258 g/mol. The lowest BCUT2D eigenvalue weighted by Crippen LogP contribution is -2.38. The van der Waals surface area contributed by atoms with Crippen molar-refractivity contribution in [3.05, 3.63) is 12.2 Å². The molecule has 0 N–H and O–H groups in total. The highest BCUT2D eigenvalue weighted by atomic mass is 16.5. The fourth-order valence-corrected chi connectivity index (χ4v) is 0.972. The Labute approximate surface area is 106 Å². The maximum absolute atomic E-state index is 11.4. The van der Waals surface area contributed by atoms with Crippen LogP contribution in [0.2, 0.25) is 0 Å². The van der Waals surface area contributed by atoms with Crippen molar-refractivity contribution in [1.82, 2.24) is 9.80 Å². The number of nitrogens with zero attached hydrogens (tertiary/aromatic N) is 2. The fourth-order valence-electron chi connectivity index (χ4n) is 0.972. The van der Waals surface area contributed by atoms with E-state index in [1.807, 2.05) is 0 Å². The molecular formula is C11H18N2O5. The van der Waals surface area contributed by atoms with E-state index in [2.05, 4.69) is 4.74 Å². The van der Waals surface area contributed by atoms with E-state index in [4.69, 9.17) is 4.74 Å². The summed E-state index contributed by atoms with van der Waals surface area (Å²) in [6.45, 7) is 0.329. The summed E-state index contributed by atoms with van der Waals surface area (Å²) in [7, 11) is 6.06. The summed E-state index contributed by atoms with van der Waals surface area (Å²) in [6.07, 6.45) is 1.94. The standard InChI is InChI=1S/C11H18N2O5/c1-12(2)11(16)13(3)7-8-18-10(15)6-5-9(14)17-4/h5-6H,7-8H2,1-4H3/b6-5+. The van der Waals surface area contributed by atoms with Crippen LogP contribution in [0.5, 0.6) is 0 Å². The average Bonchev–Trinajstić information content (AvgIpc) is 2.34. The first kappa shape index (κ1) is 16.0. The molecule has 0 aliphatic heterocycles. The van der Waals surface area contributed by atoms with Gasteiger partial charge in [0.2, 0.25) is 0 Å². The van der Waals surface area contributed by atoms with Crippen LogP contribution in [-0.2, 0) is 19.1 Å². The first-order valence-corrected chi connectivity index (χ1v) is 5.23. The number of esters is 2. The van der Waals surface area contributed by atoms with Gasteiger partial charge in [0.05, 0.1) is 13.7 Å². The molecule has 18 heavy (non-hydrogen) atoms. The molecule has 0 radical (unpaired) electrons. The molecule has 0 aliphatic carbocycles. The summed E-state index contributed by atoms with van der Waals surface area (Å²) in [5.74, 6) is -1.29. The van der Waals surface area contributed by atoms with Crippen molar-refractivity contribution in [3.8, 4) is 0 Å². The van der Waals surface area contributed by atoms with E-state index in [9.17, 15) is 14.4 Å². The third-order valence-corrected chi connectivity index (χ3v) is 1.94. The molecule has 0 saturated carbocycles. The molecule has 2 amide bonds. The normalized spacial score (nSPS) is 10.0. The van der Waals surface area contributed by atoms with E-state index >= 15 is 0 Å². The summed E-state index contributed by atoms with van der Waals surface area (Å²) in [5.41, 5.74) is 0. The van der Waals surface area contributed by atoms with Crippen molar-refractivity contribution in [3.63, 3.8) is 0 Å². The zero-order chi connectivity index (χ0) is 14.1. The lowest BCUT2D eigenvalue weighted by Gasteiger charge is -2.21. The summed E-state index contributed by atoms with van der Waals surface area (Å²) in [5, 5.41) is 0. The van der Waals surface area contributed by atoms with Crippen molar-refractivity contribution in [2.45, 2.75) is 0 Å². The number of carbonyl (C=O) groups excluding carboxylic acids is 3. The van der Waals surface area contributed by atoms with Crippen LogP contribution in [0.3, 0.4) is 0 Å². The minimum Gasteiger partial charge on any atom is -0.466 e. The number of likely N-dealkylation sites (N-methyl/N-ethyl adjacent to an activating group) is 1. The zero-order valence-electron chi connectivity index (χ0n) is 11.0. The third-order valence-electron chi connectivity index (χ3n) is 1.94. The summed E-state index contributed by atoms with van der Waals surface area (Å²) in [6, 6.07) is -0.184. The number of hydrogen-bond donors (Lipinski definition) is 0. The highest BCUT2D eigenvalue weighted by Crippen LogP contribution is 1.91. The Kier molecular flexibility index (Phi) is 7.18. The highest BCUT2D eigenvalue weighted by Gasteiger charge is 2.10. The topological polar surface area (TPSA) is 76.2 Å². The smallest absolute Gasteiger partial charge is 0.331 e. The van der Waals surface area contributed by atoms with Gasteiger partial charge in [-0.05, 0) is 0 Å². The van der Waals surface area contributed by atoms with Gasteiger partial charge in [0, 0.05) is 33.3 Å². The van der Waals surface area contributed by atoms with Crippen LogP contribution < -0.4 is 0 Å². The second-order valence-corrected chi connectivity index (χ2v) is 3.62. The number of amides is 2. The number of methoxy groups -OCH3 is 1. The Bertz CT molecular complexity index is 338. The van der Waals surface area contributed by atoms with Gasteiger partial charge in [-0.1, -0.05) is 0 Å². The molecule has 0 fully saturated rings. The lowest BCUT2D eigenvalue weighted by atomic mass is 10.5. The molecule has 0 bridgehead atoms. The van der Waals surface area contributed by atoms with Crippen LogP contribution >= 0.6 is 0 Å². The minimum absolute atomic E-state index is 0.0560. The van der Waals surface area contributed by atoms with Crippen LogP contribution in [0, 0.1) is 0 Å². The van der Waals surface area contributed by atoms with Gasteiger partial charge in [-0.2, -0.15) is 0 Å². The van der Waals surface area contributed by atoms with Crippen molar-refractivity contribution in [2.24, 2.45) is 0 Å². The first-order chi connectivity index (χ1) is 8.38. The molecule has 0 aromatic carbocycles. The Morgan fingerprint density at radius 2 is 1.61 bits per heavy atom.